The number of amides is 1. The molecule has 0 bridgehead atoms. The van der Waals surface area contributed by atoms with Gasteiger partial charge in [-0.25, -0.2) is 0 Å². The predicted octanol–water partition coefficient (Wildman–Crippen LogP) is 3.21. The molecule has 0 heterocycles. The highest BCUT2D eigenvalue weighted by Crippen LogP contribution is 2.16. The minimum Gasteiger partial charge on any atom is -0.494 e. The molecule has 0 aromatic heterocycles. The van der Waals surface area contributed by atoms with E-state index in [-0.39, 0.29) is 5.91 Å². The Labute approximate surface area is 117 Å². The van der Waals surface area contributed by atoms with E-state index in [0.29, 0.717) is 23.4 Å². The van der Waals surface area contributed by atoms with Crippen molar-refractivity contribution in [1.82, 2.24) is 0 Å². The van der Waals surface area contributed by atoms with Crippen LogP contribution in [0.5, 0.6) is 5.75 Å². The second kappa shape index (κ2) is 6.39. The number of ether oxygens (including phenoxy) is 1. The van der Waals surface area contributed by atoms with E-state index < -0.39 is 0 Å². The van der Waals surface area contributed by atoms with Crippen LogP contribution in [-0.4, -0.2) is 12.5 Å². The molecule has 2 aromatic rings. The van der Waals surface area contributed by atoms with Crippen molar-refractivity contribution in [2.75, 3.05) is 11.9 Å². The highest BCUT2D eigenvalue weighted by Gasteiger charge is 2.08. The Bertz CT molecular complexity index is 642. The number of hydrogen-bond acceptors (Lipinski definition) is 3. The number of benzene rings is 2. The van der Waals surface area contributed by atoms with E-state index in [2.05, 4.69) is 5.32 Å². The molecule has 100 valence electrons. The number of carbonyl (C=O) groups is 1. The van der Waals surface area contributed by atoms with Crippen LogP contribution >= 0.6 is 0 Å². The summed E-state index contributed by atoms with van der Waals surface area (Å²) in [4.78, 5) is 12.1. The van der Waals surface area contributed by atoms with Crippen molar-refractivity contribution in [3.8, 4) is 11.8 Å². The molecule has 4 nitrogen and oxygen atoms in total. The van der Waals surface area contributed by atoms with E-state index in [1.807, 2.05) is 13.0 Å². The summed E-state index contributed by atoms with van der Waals surface area (Å²) in [7, 11) is 0. The number of nitriles is 1. The summed E-state index contributed by atoms with van der Waals surface area (Å²) in [5.74, 6) is 0.470. The SMILES string of the molecule is CCOc1ccc(C(=O)Nc2ccccc2C#N)cc1. The summed E-state index contributed by atoms with van der Waals surface area (Å²) in [5, 5.41) is 11.7. The van der Waals surface area contributed by atoms with E-state index in [1.54, 1.807) is 48.5 Å². The standard InChI is InChI=1S/C16H14N2O2/c1-2-20-14-9-7-12(8-10-14)16(19)18-15-6-4-3-5-13(15)11-17/h3-10H,2H2,1H3,(H,18,19). The second-order valence-corrected chi connectivity index (χ2v) is 4.07. The number of carbonyl (C=O) groups excluding carboxylic acids is 1. The lowest BCUT2D eigenvalue weighted by atomic mass is 10.1. The summed E-state index contributed by atoms with van der Waals surface area (Å²) >= 11 is 0. The van der Waals surface area contributed by atoms with Crippen LogP contribution in [0.25, 0.3) is 0 Å². The molecule has 0 saturated heterocycles. The molecule has 2 rings (SSSR count). The maximum absolute atomic E-state index is 12.1. The van der Waals surface area contributed by atoms with Gasteiger partial charge in [0.2, 0.25) is 0 Å². The molecule has 0 atom stereocenters. The zero-order valence-electron chi connectivity index (χ0n) is 11.1. The minimum absolute atomic E-state index is 0.254. The fraction of sp³-hybridized carbons (Fsp3) is 0.125. The molecule has 0 unspecified atom stereocenters. The molecule has 0 aliphatic rings. The molecule has 0 spiro atoms. The third-order valence-corrected chi connectivity index (χ3v) is 2.72. The molecule has 1 N–H and O–H groups in total. The smallest absolute Gasteiger partial charge is 0.255 e. The second-order valence-electron chi connectivity index (χ2n) is 4.07. The number of rotatable bonds is 4. The molecule has 20 heavy (non-hydrogen) atoms. The average molecular weight is 266 g/mol. The molecule has 1 amide bonds. The summed E-state index contributed by atoms with van der Waals surface area (Å²) in [6.45, 7) is 2.49. The highest BCUT2D eigenvalue weighted by molar-refractivity contribution is 6.04. The van der Waals surface area contributed by atoms with Crippen molar-refractivity contribution < 1.29 is 9.53 Å². The summed E-state index contributed by atoms with van der Waals surface area (Å²) < 4.78 is 5.32. The number of hydrogen-bond donors (Lipinski definition) is 1. The normalized spacial score (nSPS) is 9.60. The highest BCUT2D eigenvalue weighted by atomic mass is 16.5. The monoisotopic (exact) mass is 266 g/mol. The van der Waals surface area contributed by atoms with Gasteiger partial charge < -0.3 is 10.1 Å². The number of nitrogens with one attached hydrogen (secondary N) is 1. The van der Waals surface area contributed by atoms with Crippen LogP contribution in [-0.2, 0) is 0 Å². The van der Waals surface area contributed by atoms with Gasteiger partial charge in [0.05, 0.1) is 17.9 Å². The van der Waals surface area contributed by atoms with Gasteiger partial charge in [0.1, 0.15) is 11.8 Å². The number of nitrogens with zero attached hydrogens (tertiary/aromatic N) is 1. The summed E-state index contributed by atoms with van der Waals surface area (Å²) in [6.07, 6.45) is 0. The first kappa shape index (κ1) is 13.6. The van der Waals surface area contributed by atoms with Gasteiger partial charge in [-0.15, -0.1) is 0 Å². The Morgan fingerprint density at radius 2 is 1.90 bits per heavy atom. The van der Waals surface area contributed by atoms with Gasteiger partial charge >= 0.3 is 0 Å². The van der Waals surface area contributed by atoms with E-state index in [4.69, 9.17) is 10.00 Å². The van der Waals surface area contributed by atoms with Crippen LogP contribution in [0.4, 0.5) is 5.69 Å². The largest absolute Gasteiger partial charge is 0.494 e. The molecule has 0 aliphatic carbocycles. The third kappa shape index (κ3) is 3.15. The Kier molecular flexibility index (Phi) is 4.35. The topological polar surface area (TPSA) is 62.1 Å². The molecule has 0 fully saturated rings. The number of para-hydroxylation sites is 1. The first-order valence-corrected chi connectivity index (χ1v) is 6.28. The molecular weight excluding hydrogens is 252 g/mol. The Hall–Kier alpha value is -2.80. The van der Waals surface area contributed by atoms with Crippen LogP contribution < -0.4 is 10.1 Å². The van der Waals surface area contributed by atoms with Gasteiger partial charge in [-0.05, 0) is 43.3 Å². The maximum Gasteiger partial charge on any atom is 0.255 e. The van der Waals surface area contributed by atoms with Crippen LogP contribution in [0, 0.1) is 11.3 Å². The van der Waals surface area contributed by atoms with Gasteiger partial charge in [0.25, 0.3) is 5.91 Å². The molecular formula is C16H14N2O2. The molecule has 0 radical (unpaired) electrons. The lowest BCUT2D eigenvalue weighted by molar-refractivity contribution is 0.102. The predicted molar refractivity (Wildman–Crippen MR) is 76.7 cm³/mol. The Morgan fingerprint density at radius 3 is 2.55 bits per heavy atom. The van der Waals surface area contributed by atoms with Crippen LogP contribution in [0.2, 0.25) is 0 Å². The summed E-state index contributed by atoms with van der Waals surface area (Å²) in [5.41, 5.74) is 1.46. The maximum atomic E-state index is 12.1. The first-order chi connectivity index (χ1) is 9.74. The van der Waals surface area contributed by atoms with Gasteiger partial charge in [-0.1, -0.05) is 12.1 Å². The van der Waals surface area contributed by atoms with Crippen molar-refractivity contribution in [3.05, 3.63) is 59.7 Å². The molecule has 2 aromatic carbocycles. The van der Waals surface area contributed by atoms with Gasteiger partial charge in [-0.3, -0.25) is 4.79 Å². The summed E-state index contributed by atoms with van der Waals surface area (Å²) in [6, 6.07) is 15.8. The van der Waals surface area contributed by atoms with E-state index in [9.17, 15) is 4.79 Å². The van der Waals surface area contributed by atoms with E-state index in [0.717, 1.165) is 5.75 Å². The van der Waals surface area contributed by atoms with Crippen molar-refractivity contribution in [3.63, 3.8) is 0 Å². The van der Waals surface area contributed by atoms with Gasteiger partial charge in [0.15, 0.2) is 0 Å². The van der Waals surface area contributed by atoms with E-state index in [1.165, 1.54) is 0 Å². The average Bonchev–Trinajstić information content (AvgIpc) is 2.49. The Morgan fingerprint density at radius 1 is 1.20 bits per heavy atom. The van der Waals surface area contributed by atoms with Crippen molar-refractivity contribution in [2.24, 2.45) is 0 Å². The van der Waals surface area contributed by atoms with Crippen molar-refractivity contribution in [1.29, 1.82) is 5.26 Å². The molecule has 0 saturated carbocycles. The van der Waals surface area contributed by atoms with Gasteiger partial charge in [-0.2, -0.15) is 5.26 Å². The molecule has 0 aliphatic heterocycles. The fourth-order valence-electron chi connectivity index (χ4n) is 1.75. The lowest BCUT2D eigenvalue weighted by Gasteiger charge is -2.07. The third-order valence-electron chi connectivity index (χ3n) is 2.72. The van der Waals surface area contributed by atoms with E-state index >= 15 is 0 Å². The minimum atomic E-state index is -0.254. The fourth-order valence-corrected chi connectivity index (χ4v) is 1.75. The van der Waals surface area contributed by atoms with Gasteiger partial charge in [0, 0.05) is 5.56 Å². The van der Waals surface area contributed by atoms with Crippen molar-refractivity contribution >= 4 is 11.6 Å². The zero-order chi connectivity index (χ0) is 14.4. The zero-order valence-corrected chi connectivity index (χ0v) is 11.1. The number of anilines is 1. The van der Waals surface area contributed by atoms with Crippen LogP contribution in [0.3, 0.4) is 0 Å². The van der Waals surface area contributed by atoms with Crippen molar-refractivity contribution in [2.45, 2.75) is 6.92 Å². The first-order valence-electron chi connectivity index (χ1n) is 6.28. The van der Waals surface area contributed by atoms with Crippen LogP contribution in [0.1, 0.15) is 22.8 Å². The Balaban J connectivity index is 2.14. The quantitative estimate of drug-likeness (QED) is 0.924. The van der Waals surface area contributed by atoms with Crippen LogP contribution in [0.15, 0.2) is 48.5 Å². The lowest BCUT2D eigenvalue weighted by Crippen LogP contribution is -2.12. The molecule has 4 heteroatoms.